The molecule has 0 aliphatic heterocycles. The average Bonchev–Trinajstić information content (AvgIpc) is 2.78. The molecule has 3 N–H and O–H groups in total. The van der Waals surface area contributed by atoms with Gasteiger partial charge in [0.25, 0.3) is 11.8 Å². The number of benzene rings is 2. The zero-order valence-corrected chi connectivity index (χ0v) is 19.5. The summed E-state index contributed by atoms with van der Waals surface area (Å²) in [5.41, 5.74) is 1.50. The van der Waals surface area contributed by atoms with Crippen LogP contribution in [0.2, 0.25) is 0 Å². The van der Waals surface area contributed by atoms with E-state index in [1.54, 1.807) is 30.3 Å². The topological polar surface area (TPSA) is 79.5 Å². The first-order valence-electron chi connectivity index (χ1n) is 11.2. The lowest BCUT2D eigenvalue weighted by Crippen LogP contribution is -2.37. The van der Waals surface area contributed by atoms with E-state index in [0.717, 1.165) is 25.7 Å². The third-order valence-corrected chi connectivity index (χ3v) is 5.47. The molecule has 0 atom stereocenters. The van der Waals surface area contributed by atoms with Gasteiger partial charge in [-0.3, -0.25) is 14.9 Å². The zero-order valence-electron chi connectivity index (χ0n) is 18.6. The van der Waals surface area contributed by atoms with Crippen LogP contribution in [0.4, 0.5) is 5.69 Å². The standard InChI is InChI=1S/C25H31N3O3S/c1-17(2)16-31-20-12-8-9-18(15-20)23(29)28-25(32)27-22-14-7-6-13-21(22)24(30)26-19-10-4-3-5-11-19/h6-9,12-15,17,19H,3-5,10-11,16H2,1-2H3,(H,26,30)(H2,27,28,29,32). The van der Waals surface area contributed by atoms with Crippen molar-refractivity contribution in [1.82, 2.24) is 10.6 Å². The zero-order chi connectivity index (χ0) is 22.9. The van der Waals surface area contributed by atoms with E-state index < -0.39 is 0 Å². The lowest BCUT2D eigenvalue weighted by Gasteiger charge is -2.23. The third kappa shape index (κ3) is 7.05. The fourth-order valence-electron chi connectivity index (χ4n) is 3.62. The molecular weight excluding hydrogens is 422 g/mol. The molecule has 3 rings (SSSR count). The Morgan fingerprint density at radius 1 is 1.03 bits per heavy atom. The molecule has 0 saturated heterocycles. The number of nitrogens with one attached hydrogen (secondary N) is 3. The summed E-state index contributed by atoms with van der Waals surface area (Å²) in [6.07, 6.45) is 5.53. The van der Waals surface area contributed by atoms with Gasteiger partial charge in [0, 0.05) is 11.6 Å². The molecule has 0 unspecified atom stereocenters. The van der Waals surface area contributed by atoms with Crippen LogP contribution in [-0.2, 0) is 0 Å². The predicted octanol–water partition coefficient (Wildman–Crippen LogP) is 4.91. The van der Waals surface area contributed by atoms with E-state index in [1.165, 1.54) is 6.42 Å². The van der Waals surface area contributed by atoms with Crippen LogP contribution in [-0.4, -0.2) is 29.6 Å². The number of ether oxygens (including phenoxy) is 1. The fraction of sp³-hybridized carbons (Fsp3) is 0.400. The Morgan fingerprint density at radius 2 is 1.78 bits per heavy atom. The van der Waals surface area contributed by atoms with Gasteiger partial charge < -0.3 is 15.4 Å². The quantitative estimate of drug-likeness (QED) is 0.519. The number of hydrogen-bond donors (Lipinski definition) is 3. The van der Waals surface area contributed by atoms with Crippen molar-refractivity contribution in [3.8, 4) is 5.75 Å². The lowest BCUT2D eigenvalue weighted by molar-refractivity contribution is 0.0927. The van der Waals surface area contributed by atoms with Crippen LogP contribution in [0.3, 0.4) is 0 Å². The van der Waals surface area contributed by atoms with E-state index in [1.807, 2.05) is 18.2 Å². The second-order valence-electron chi connectivity index (χ2n) is 8.49. The summed E-state index contributed by atoms with van der Waals surface area (Å²) in [7, 11) is 0. The van der Waals surface area contributed by atoms with E-state index in [0.29, 0.717) is 35.1 Å². The van der Waals surface area contributed by atoms with Crippen LogP contribution in [0.5, 0.6) is 5.75 Å². The van der Waals surface area contributed by atoms with Crippen LogP contribution in [0.1, 0.15) is 66.7 Å². The Kier molecular flexibility index (Phi) is 8.62. The normalized spacial score (nSPS) is 14.0. The predicted molar refractivity (Wildman–Crippen MR) is 131 cm³/mol. The van der Waals surface area contributed by atoms with Crippen LogP contribution >= 0.6 is 12.2 Å². The maximum Gasteiger partial charge on any atom is 0.257 e. The highest BCUT2D eigenvalue weighted by molar-refractivity contribution is 7.80. The summed E-state index contributed by atoms with van der Waals surface area (Å²) in [5, 5.41) is 8.91. The van der Waals surface area contributed by atoms with Crippen LogP contribution < -0.4 is 20.7 Å². The van der Waals surface area contributed by atoms with Gasteiger partial charge in [0.15, 0.2) is 5.11 Å². The molecule has 170 valence electrons. The SMILES string of the molecule is CC(C)COc1cccc(C(=O)NC(=S)Nc2ccccc2C(=O)NC2CCCCC2)c1. The van der Waals surface area contributed by atoms with Gasteiger partial charge in [-0.15, -0.1) is 0 Å². The molecule has 0 heterocycles. The number of para-hydroxylation sites is 1. The highest BCUT2D eigenvalue weighted by atomic mass is 32.1. The highest BCUT2D eigenvalue weighted by Crippen LogP contribution is 2.20. The second-order valence-corrected chi connectivity index (χ2v) is 8.90. The van der Waals surface area contributed by atoms with E-state index in [4.69, 9.17) is 17.0 Å². The van der Waals surface area contributed by atoms with Crippen molar-refractivity contribution in [2.75, 3.05) is 11.9 Å². The number of rotatable bonds is 7. The summed E-state index contributed by atoms with van der Waals surface area (Å²) in [6, 6.07) is 14.3. The molecule has 32 heavy (non-hydrogen) atoms. The smallest absolute Gasteiger partial charge is 0.257 e. The molecule has 2 aromatic carbocycles. The summed E-state index contributed by atoms with van der Waals surface area (Å²) >= 11 is 5.33. The largest absolute Gasteiger partial charge is 0.493 e. The van der Waals surface area contributed by atoms with Crippen molar-refractivity contribution in [1.29, 1.82) is 0 Å². The first-order valence-corrected chi connectivity index (χ1v) is 11.6. The minimum absolute atomic E-state index is 0.126. The Balaban J connectivity index is 1.61. The van der Waals surface area contributed by atoms with Gasteiger partial charge in [0.05, 0.1) is 17.9 Å². The molecule has 1 saturated carbocycles. The number of hydrogen-bond acceptors (Lipinski definition) is 4. The van der Waals surface area contributed by atoms with E-state index in [-0.39, 0.29) is 23.0 Å². The molecule has 0 aromatic heterocycles. The van der Waals surface area contributed by atoms with Gasteiger partial charge in [0.1, 0.15) is 5.75 Å². The van der Waals surface area contributed by atoms with Gasteiger partial charge >= 0.3 is 0 Å². The van der Waals surface area contributed by atoms with E-state index >= 15 is 0 Å². The molecule has 1 fully saturated rings. The van der Waals surface area contributed by atoms with Crippen molar-refractivity contribution < 1.29 is 14.3 Å². The highest BCUT2D eigenvalue weighted by Gasteiger charge is 2.19. The van der Waals surface area contributed by atoms with Gasteiger partial charge in [-0.1, -0.05) is 51.3 Å². The molecule has 2 amide bonds. The average molecular weight is 454 g/mol. The Morgan fingerprint density at radius 3 is 2.53 bits per heavy atom. The molecule has 6 nitrogen and oxygen atoms in total. The van der Waals surface area contributed by atoms with Gasteiger partial charge in [-0.25, -0.2) is 0 Å². The van der Waals surface area contributed by atoms with Crippen molar-refractivity contribution in [2.24, 2.45) is 5.92 Å². The van der Waals surface area contributed by atoms with Crippen molar-refractivity contribution in [3.05, 3.63) is 59.7 Å². The maximum absolute atomic E-state index is 12.8. The third-order valence-electron chi connectivity index (χ3n) is 5.27. The van der Waals surface area contributed by atoms with Gasteiger partial charge in [0.2, 0.25) is 0 Å². The van der Waals surface area contributed by atoms with Crippen LogP contribution in [0.25, 0.3) is 0 Å². The molecule has 1 aliphatic carbocycles. The Labute approximate surface area is 195 Å². The van der Waals surface area contributed by atoms with E-state index in [9.17, 15) is 9.59 Å². The van der Waals surface area contributed by atoms with Crippen molar-refractivity contribution >= 4 is 34.8 Å². The number of carbonyl (C=O) groups is 2. The first kappa shape index (κ1) is 23.7. The monoisotopic (exact) mass is 453 g/mol. The Bertz CT molecular complexity index is 955. The molecule has 0 radical (unpaired) electrons. The fourth-order valence-corrected chi connectivity index (χ4v) is 3.82. The number of anilines is 1. The Hall–Kier alpha value is -2.93. The van der Waals surface area contributed by atoms with Crippen molar-refractivity contribution in [2.45, 2.75) is 52.0 Å². The molecular formula is C25H31N3O3S. The summed E-state index contributed by atoms with van der Waals surface area (Å²) in [6.45, 7) is 4.70. The van der Waals surface area contributed by atoms with Gasteiger partial charge in [-0.05, 0) is 61.3 Å². The summed E-state index contributed by atoms with van der Waals surface area (Å²) in [5.74, 6) is 0.542. The summed E-state index contributed by atoms with van der Waals surface area (Å²) < 4.78 is 5.69. The summed E-state index contributed by atoms with van der Waals surface area (Å²) in [4.78, 5) is 25.5. The second kappa shape index (κ2) is 11.6. The van der Waals surface area contributed by atoms with E-state index in [2.05, 4.69) is 29.8 Å². The lowest BCUT2D eigenvalue weighted by atomic mass is 9.95. The number of thiocarbonyl (C=S) groups is 1. The number of amides is 2. The molecule has 2 aromatic rings. The minimum Gasteiger partial charge on any atom is -0.493 e. The number of carbonyl (C=O) groups excluding carboxylic acids is 2. The van der Waals surface area contributed by atoms with Crippen LogP contribution in [0.15, 0.2) is 48.5 Å². The molecule has 0 spiro atoms. The first-order chi connectivity index (χ1) is 15.4. The maximum atomic E-state index is 12.8. The van der Waals surface area contributed by atoms with Gasteiger partial charge in [-0.2, -0.15) is 0 Å². The molecule has 0 bridgehead atoms. The minimum atomic E-state index is -0.346. The molecule has 7 heteroatoms. The van der Waals surface area contributed by atoms with Crippen LogP contribution in [0, 0.1) is 5.92 Å². The van der Waals surface area contributed by atoms with Crippen molar-refractivity contribution in [3.63, 3.8) is 0 Å². The molecule has 1 aliphatic rings.